The first-order chi connectivity index (χ1) is 7.85. The van der Waals surface area contributed by atoms with Gasteiger partial charge >= 0.3 is 0 Å². The van der Waals surface area contributed by atoms with E-state index < -0.39 is 0 Å². The van der Waals surface area contributed by atoms with Crippen LogP contribution in [0.3, 0.4) is 0 Å². The van der Waals surface area contributed by atoms with Crippen molar-refractivity contribution in [2.24, 2.45) is 11.1 Å². The van der Waals surface area contributed by atoms with Crippen LogP contribution in [0.5, 0.6) is 0 Å². The topological polar surface area (TPSA) is 29.3 Å². The zero-order valence-electron chi connectivity index (χ0n) is 10.6. The van der Waals surface area contributed by atoms with Gasteiger partial charge in [0, 0.05) is 18.7 Å². The van der Waals surface area contributed by atoms with Crippen molar-refractivity contribution < 1.29 is 4.39 Å². The van der Waals surface area contributed by atoms with Crippen LogP contribution in [0.15, 0.2) is 18.2 Å². The molecule has 0 unspecified atom stereocenters. The molecule has 2 nitrogen and oxygen atoms in total. The van der Waals surface area contributed by atoms with Gasteiger partial charge in [-0.15, -0.1) is 0 Å². The largest absolute Gasteiger partial charge is 0.330 e. The Labute approximate surface area is 108 Å². The summed E-state index contributed by atoms with van der Waals surface area (Å²) in [6.07, 6.45) is 0. The predicted molar refractivity (Wildman–Crippen MR) is 70.6 cm³/mol. The molecule has 0 aliphatic carbocycles. The van der Waals surface area contributed by atoms with Crippen molar-refractivity contribution in [2.75, 3.05) is 20.1 Å². The molecule has 1 aromatic carbocycles. The highest BCUT2D eigenvalue weighted by molar-refractivity contribution is 6.30. The molecule has 4 heteroatoms. The summed E-state index contributed by atoms with van der Waals surface area (Å²) >= 11 is 5.74. The van der Waals surface area contributed by atoms with Gasteiger partial charge in [0.15, 0.2) is 0 Å². The van der Waals surface area contributed by atoms with Gasteiger partial charge in [-0.05, 0) is 25.1 Å². The molecule has 0 bridgehead atoms. The molecule has 2 N–H and O–H groups in total. The quantitative estimate of drug-likeness (QED) is 0.880. The number of benzene rings is 1. The number of halogens is 2. The number of nitrogens with two attached hydrogens (primary N) is 1. The van der Waals surface area contributed by atoms with E-state index in [0.717, 1.165) is 6.54 Å². The van der Waals surface area contributed by atoms with Crippen molar-refractivity contribution >= 4 is 11.6 Å². The van der Waals surface area contributed by atoms with Gasteiger partial charge < -0.3 is 10.6 Å². The summed E-state index contributed by atoms with van der Waals surface area (Å²) in [5.74, 6) is -0.327. The summed E-state index contributed by atoms with van der Waals surface area (Å²) in [4.78, 5) is 2.06. The van der Waals surface area contributed by atoms with E-state index in [4.69, 9.17) is 17.3 Å². The van der Waals surface area contributed by atoms with Crippen molar-refractivity contribution in [2.45, 2.75) is 20.4 Å². The van der Waals surface area contributed by atoms with Crippen LogP contribution in [0.4, 0.5) is 4.39 Å². The molecule has 1 aromatic rings. The molecule has 0 saturated carbocycles. The SMILES string of the molecule is CN(Cc1cccc(Cl)c1F)CC(C)(C)CN. The molecule has 0 aliphatic heterocycles. The van der Waals surface area contributed by atoms with E-state index in [-0.39, 0.29) is 16.3 Å². The van der Waals surface area contributed by atoms with Crippen LogP contribution in [-0.4, -0.2) is 25.0 Å². The van der Waals surface area contributed by atoms with Crippen LogP contribution in [-0.2, 0) is 6.54 Å². The lowest BCUT2D eigenvalue weighted by Crippen LogP contribution is -2.36. The predicted octanol–water partition coefficient (Wildman–Crippen LogP) is 2.90. The van der Waals surface area contributed by atoms with Gasteiger partial charge in [-0.25, -0.2) is 4.39 Å². The number of rotatable bonds is 5. The normalized spacial score (nSPS) is 12.2. The first-order valence-corrected chi connectivity index (χ1v) is 6.05. The second-order valence-electron chi connectivity index (χ2n) is 5.25. The van der Waals surface area contributed by atoms with Crippen molar-refractivity contribution in [3.63, 3.8) is 0 Å². The molecule has 0 aromatic heterocycles. The molecule has 17 heavy (non-hydrogen) atoms. The minimum Gasteiger partial charge on any atom is -0.330 e. The molecular formula is C13H20ClFN2. The minimum atomic E-state index is -0.327. The second kappa shape index (κ2) is 5.80. The lowest BCUT2D eigenvalue weighted by molar-refractivity contribution is 0.208. The molecule has 96 valence electrons. The van der Waals surface area contributed by atoms with Gasteiger partial charge in [0.1, 0.15) is 5.82 Å². The third-order valence-corrected chi connectivity index (χ3v) is 3.01. The maximum atomic E-state index is 13.7. The fourth-order valence-corrected chi connectivity index (χ4v) is 2.01. The zero-order chi connectivity index (χ0) is 13.1. The highest BCUT2D eigenvalue weighted by Crippen LogP contribution is 2.20. The molecule has 0 radical (unpaired) electrons. The maximum absolute atomic E-state index is 13.7. The molecule has 0 heterocycles. The van der Waals surface area contributed by atoms with Crippen LogP contribution in [0.25, 0.3) is 0 Å². The van der Waals surface area contributed by atoms with Gasteiger partial charge in [-0.1, -0.05) is 37.6 Å². The van der Waals surface area contributed by atoms with Crippen LogP contribution >= 0.6 is 11.6 Å². The maximum Gasteiger partial charge on any atom is 0.146 e. The van der Waals surface area contributed by atoms with E-state index in [1.54, 1.807) is 18.2 Å². The van der Waals surface area contributed by atoms with Crippen LogP contribution < -0.4 is 5.73 Å². The average molecular weight is 259 g/mol. The molecule has 1 rings (SSSR count). The second-order valence-corrected chi connectivity index (χ2v) is 5.66. The molecule has 0 amide bonds. The molecule has 0 saturated heterocycles. The highest BCUT2D eigenvalue weighted by atomic mass is 35.5. The molecule has 0 atom stereocenters. The van der Waals surface area contributed by atoms with Crippen molar-refractivity contribution in [3.05, 3.63) is 34.6 Å². The Morgan fingerprint density at radius 2 is 2.06 bits per heavy atom. The highest BCUT2D eigenvalue weighted by Gasteiger charge is 2.19. The van der Waals surface area contributed by atoms with Crippen molar-refractivity contribution in [3.8, 4) is 0 Å². The Kier molecular flexibility index (Phi) is 4.92. The lowest BCUT2D eigenvalue weighted by atomic mass is 9.93. The molecule has 0 aliphatic rings. The van der Waals surface area contributed by atoms with Crippen LogP contribution in [0.2, 0.25) is 5.02 Å². The first-order valence-electron chi connectivity index (χ1n) is 5.67. The summed E-state index contributed by atoms with van der Waals surface area (Å²) in [5.41, 5.74) is 6.33. The van der Waals surface area contributed by atoms with Gasteiger partial charge in [0.25, 0.3) is 0 Å². The monoisotopic (exact) mass is 258 g/mol. The zero-order valence-corrected chi connectivity index (χ0v) is 11.4. The fourth-order valence-electron chi connectivity index (χ4n) is 1.81. The van der Waals surface area contributed by atoms with E-state index in [9.17, 15) is 4.39 Å². The van der Waals surface area contributed by atoms with Crippen LogP contribution in [0, 0.1) is 11.2 Å². The van der Waals surface area contributed by atoms with E-state index in [1.165, 1.54) is 0 Å². The number of nitrogens with zero attached hydrogens (tertiary/aromatic N) is 1. The average Bonchev–Trinajstić information content (AvgIpc) is 2.24. The molecule has 0 spiro atoms. The van der Waals surface area contributed by atoms with Crippen LogP contribution in [0.1, 0.15) is 19.4 Å². The Balaban J connectivity index is 2.68. The standard InChI is InChI=1S/C13H20ClFN2/c1-13(2,8-16)9-17(3)7-10-5-4-6-11(14)12(10)15/h4-6H,7-9,16H2,1-3H3. The first kappa shape index (κ1) is 14.4. The van der Waals surface area contributed by atoms with E-state index in [2.05, 4.69) is 18.7 Å². The van der Waals surface area contributed by atoms with Gasteiger partial charge in [0.05, 0.1) is 5.02 Å². The molecular weight excluding hydrogens is 239 g/mol. The summed E-state index contributed by atoms with van der Waals surface area (Å²) in [6, 6.07) is 5.08. The van der Waals surface area contributed by atoms with Crippen molar-refractivity contribution in [1.82, 2.24) is 4.90 Å². The number of hydrogen-bond donors (Lipinski definition) is 1. The Hall–Kier alpha value is -0.640. The van der Waals surface area contributed by atoms with Gasteiger partial charge in [-0.2, -0.15) is 0 Å². The summed E-state index contributed by atoms with van der Waals surface area (Å²) in [5, 5.41) is 0.175. The lowest BCUT2D eigenvalue weighted by Gasteiger charge is -2.29. The van der Waals surface area contributed by atoms with E-state index >= 15 is 0 Å². The molecule has 0 fully saturated rings. The Morgan fingerprint density at radius 1 is 1.41 bits per heavy atom. The van der Waals surface area contributed by atoms with E-state index in [1.807, 2.05) is 7.05 Å². The van der Waals surface area contributed by atoms with E-state index in [0.29, 0.717) is 18.7 Å². The third-order valence-electron chi connectivity index (χ3n) is 2.72. The Morgan fingerprint density at radius 3 is 2.65 bits per heavy atom. The minimum absolute atomic E-state index is 0.0315. The smallest absolute Gasteiger partial charge is 0.146 e. The summed E-state index contributed by atoms with van der Waals surface area (Å²) in [7, 11) is 1.96. The van der Waals surface area contributed by atoms with Gasteiger partial charge in [-0.3, -0.25) is 0 Å². The fraction of sp³-hybridized carbons (Fsp3) is 0.538. The number of hydrogen-bond acceptors (Lipinski definition) is 2. The summed E-state index contributed by atoms with van der Waals surface area (Å²) in [6.45, 7) is 6.15. The Bertz CT molecular complexity index is 380. The van der Waals surface area contributed by atoms with Crippen molar-refractivity contribution in [1.29, 1.82) is 0 Å². The summed E-state index contributed by atoms with van der Waals surface area (Å²) < 4.78 is 13.7. The van der Waals surface area contributed by atoms with Gasteiger partial charge in [0.2, 0.25) is 0 Å². The third kappa shape index (κ3) is 4.26.